The highest BCUT2D eigenvalue weighted by Gasteiger charge is 2.28. The van der Waals surface area contributed by atoms with Crippen molar-refractivity contribution in [1.29, 1.82) is 0 Å². The smallest absolute Gasteiger partial charge is 0.242 e. The standard InChI is InChI=1S/C23H28F3N3O4S/c1-4-21(23(31)27-2)28(15-16-7-9-17(24)10-8-16)22(30)6-5-13-29(34(3,32)33)18-11-12-19(25)20(26)14-18/h7-12,14,21H,4-6,13,15H2,1-3H3,(H,27,31)/t21-/m0/s1. The highest BCUT2D eigenvalue weighted by molar-refractivity contribution is 7.92. The summed E-state index contributed by atoms with van der Waals surface area (Å²) in [6.45, 7) is 1.65. The third-order valence-corrected chi connectivity index (χ3v) is 6.44. The maximum absolute atomic E-state index is 13.6. The van der Waals surface area contributed by atoms with Crippen molar-refractivity contribution in [3.8, 4) is 0 Å². The molecule has 1 atom stereocenters. The number of nitrogens with one attached hydrogen (secondary N) is 1. The third-order valence-electron chi connectivity index (χ3n) is 5.24. The lowest BCUT2D eigenvalue weighted by atomic mass is 10.1. The summed E-state index contributed by atoms with van der Waals surface area (Å²) in [6, 6.07) is 7.50. The van der Waals surface area contributed by atoms with Crippen LogP contribution in [-0.2, 0) is 26.2 Å². The normalized spacial score (nSPS) is 12.2. The Labute approximate surface area is 197 Å². The maximum atomic E-state index is 13.6. The fraction of sp³-hybridized carbons (Fsp3) is 0.391. The number of hydrogen-bond donors (Lipinski definition) is 1. The Balaban J connectivity index is 2.19. The summed E-state index contributed by atoms with van der Waals surface area (Å²) in [5.74, 6) is -3.50. The molecule has 186 valence electrons. The summed E-state index contributed by atoms with van der Waals surface area (Å²) < 4.78 is 65.5. The van der Waals surface area contributed by atoms with Gasteiger partial charge in [-0.15, -0.1) is 0 Å². The van der Waals surface area contributed by atoms with Crippen LogP contribution < -0.4 is 9.62 Å². The molecule has 0 aliphatic rings. The molecule has 11 heteroatoms. The average molecular weight is 500 g/mol. The number of carbonyl (C=O) groups is 2. The molecule has 0 saturated heterocycles. The van der Waals surface area contributed by atoms with E-state index in [4.69, 9.17) is 0 Å². The number of anilines is 1. The summed E-state index contributed by atoms with van der Waals surface area (Å²) >= 11 is 0. The van der Waals surface area contributed by atoms with Gasteiger partial charge in [0, 0.05) is 32.6 Å². The molecule has 0 aromatic heterocycles. The van der Waals surface area contributed by atoms with Crippen molar-refractivity contribution in [2.45, 2.75) is 38.8 Å². The molecule has 34 heavy (non-hydrogen) atoms. The van der Waals surface area contributed by atoms with Gasteiger partial charge < -0.3 is 10.2 Å². The highest BCUT2D eigenvalue weighted by Crippen LogP contribution is 2.22. The zero-order chi connectivity index (χ0) is 25.5. The van der Waals surface area contributed by atoms with Crippen LogP contribution in [0.25, 0.3) is 0 Å². The van der Waals surface area contributed by atoms with Gasteiger partial charge in [0.2, 0.25) is 21.8 Å². The van der Waals surface area contributed by atoms with E-state index < -0.39 is 39.4 Å². The summed E-state index contributed by atoms with van der Waals surface area (Å²) in [4.78, 5) is 26.8. The number of likely N-dealkylation sites (N-methyl/N-ethyl adjacent to an activating group) is 1. The molecule has 2 aromatic carbocycles. The van der Waals surface area contributed by atoms with Crippen molar-refractivity contribution in [1.82, 2.24) is 10.2 Å². The topological polar surface area (TPSA) is 86.8 Å². The molecule has 0 saturated carbocycles. The van der Waals surface area contributed by atoms with Gasteiger partial charge in [0.05, 0.1) is 11.9 Å². The molecule has 0 spiro atoms. The lowest BCUT2D eigenvalue weighted by molar-refractivity contribution is -0.141. The molecule has 2 aromatic rings. The fourth-order valence-corrected chi connectivity index (χ4v) is 4.47. The lowest BCUT2D eigenvalue weighted by Crippen LogP contribution is -2.48. The monoisotopic (exact) mass is 499 g/mol. The number of benzene rings is 2. The van der Waals surface area contributed by atoms with Gasteiger partial charge in [-0.2, -0.15) is 0 Å². The van der Waals surface area contributed by atoms with E-state index in [-0.39, 0.29) is 37.5 Å². The minimum Gasteiger partial charge on any atom is -0.357 e. The number of sulfonamides is 1. The molecule has 0 bridgehead atoms. The summed E-state index contributed by atoms with van der Waals surface area (Å²) in [5.41, 5.74) is 0.561. The first-order chi connectivity index (χ1) is 16.0. The number of rotatable bonds is 11. The number of halogens is 3. The van der Waals surface area contributed by atoms with E-state index in [9.17, 15) is 31.2 Å². The molecular formula is C23H28F3N3O4S. The Bertz CT molecular complexity index is 1110. The lowest BCUT2D eigenvalue weighted by Gasteiger charge is -2.30. The maximum Gasteiger partial charge on any atom is 0.242 e. The van der Waals surface area contributed by atoms with Crippen molar-refractivity contribution < 1.29 is 31.2 Å². The van der Waals surface area contributed by atoms with Gasteiger partial charge >= 0.3 is 0 Å². The minimum absolute atomic E-state index is 0.0595. The third kappa shape index (κ3) is 7.21. The van der Waals surface area contributed by atoms with Gasteiger partial charge in [0.15, 0.2) is 11.6 Å². The number of hydrogen-bond acceptors (Lipinski definition) is 4. The summed E-state index contributed by atoms with van der Waals surface area (Å²) in [5, 5.41) is 2.53. The Kier molecular flexibility index (Phi) is 9.48. The zero-order valence-electron chi connectivity index (χ0n) is 19.2. The molecule has 7 nitrogen and oxygen atoms in total. The van der Waals surface area contributed by atoms with Crippen LogP contribution in [0.15, 0.2) is 42.5 Å². The molecule has 0 aliphatic heterocycles. The number of amides is 2. The quantitative estimate of drug-likeness (QED) is 0.515. The zero-order valence-corrected chi connectivity index (χ0v) is 20.0. The Morgan fingerprint density at radius 2 is 1.68 bits per heavy atom. The van der Waals surface area contributed by atoms with Crippen molar-refractivity contribution in [2.75, 3.05) is 24.2 Å². The fourth-order valence-electron chi connectivity index (χ4n) is 3.52. The molecule has 0 aliphatic carbocycles. The van der Waals surface area contributed by atoms with Crippen LogP contribution in [0, 0.1) is 17.5 Å². The van der Waals surface area contributed by atoms with Crippen LogP contribution in [0.5, 0.6) is 0 Å². The minimum atomic E-state index is -3.84. The number of nitrogens with zero attached hydrogens (tertiary/aromatic N) is 2. The van der Waals surface area contributed by atoms with Crippen LogP contribution in [0.1, 0.15) is 31.7 Å². The predicted octanol–water partition coefficient (Wildman–Crippen LogP) is 3.20. The molecule has 0 unspecified atom stereocenters. The van der Waals surface area contributed by atoms with E-state index in [0.29, 0.717) is 12.0 Å². The van der Waals surface area contributed by atoms with Crippen molar-refractivity contribution in [2.24, 2.45) is 0 Å². The Morgan fingerprint density at radius 1 is 1.03 bits per heavy atom. The van der Waals surface area contributed by atoms with Gasteiger partial charge in [0.25, 0.3) is 0 Å². The van der Waals surface area contributed by atoms with Crippen LogP contribution >= 0.6 is 0 Å². The van der Waals surface area contributed by atoms with E-state index in [1.807, 2.05) is 0 Å². The van der Waals surface area contributed by atoms with Gasteiger partial charge in [0.1, 0.15) is 11.9 Å². The first-order valence-corrected chi connectivity index (χ1v) is 12.5. The van der Waals surface area contributed by atoms with Gasteiger partial charge in [-0.1, -0.05) is 19.1 Å². The molecule has 0 heterocycles. The second-order valence-corrected chi connectivity index (χ2v) is 9.63. The van der Waals surface area contributed by atoms with Gasteiger partial charge in [-0.25, -0.2) is 21.6 Å². The van der Waals surface area contributed by atoms with Crippen molar-refractivity contribution >= 4 is 27.5 Å². The van der Waals surface area contributed by atoms with Crippen LogP contribution in [-0.4, -0.2) is 51.0 Å². The predicted molar refractivity (Wildman–Crippen MR) is 123 cm³/mol. The van der Waals surface area contributed by atoms with Crippen LogP contribution in [0.3, 0.4) is 0 Å². The Hall–Kier alpha value is -3.08. The molecule has 2 rings (SSSR count). The Morgan fingerprint density at radius 3 is 2.21 bits per heavy atom. The molecule has 0 radical (unpaired) electrons. The summed E-state index contributed by atoms with van der Waals surface area (Å²) in [7, 11) is -2.38. The molecule has 2 amide bonds. The second-order valence-electron chi connectivity index (χ2n) is 7.72. The SMILES string of the molecule is CC[C@@H](C(=O)NC)N(Cc1ccc(F)cc1)C(=O)CCCN(c1ccc(F)c(F)c1)S(C)(=O)=O. The van der Waals surface area contributed by atoms with Crippen LogP contribution in [0.4, 0.5) is 18.9 Å². The highest BCUT2D eigenvalue weighted by atomic mass is 32.2. The van der Waals surface area contributed by atoms with Gasteiger partial charge in [-0.05, 0) is 42.7 Å². The second kappa shape index (κ2) is 11.9. The molecule has 0 fully saturated rings. The van der Waals surface area contributed by atoms with Crippen molar-refractivity contribution in [3.05, 3.63) is 65.5 Å². The van der Waals surface area contributed by atoms with E-state index in [1.165, 1.54) is 36.2 Å². The van der Waals surface area contributed by atoms with Crippen molar-refractivity contribution in [3.63, 3.8) is 0 Å². The largest absolute Gasteiger partial charge is 0.357 e. The molecule has 1 N–H and O–H groups in total. The van der Waals surface area contributed by atoms with E-state index >= 15 is 0 Å². The van der Waals surface area contributed by atoms with Gasteiger partial charge in [-0.3, -0.25) is 13.9 Å². The first kappa shape index (κ1) is 27.2. The van der Waals surface area contributed by atoms with Crippen LogP contribution in [0.2, 0.25) is 0 Å². The van der Waals surface area contributed by atoms with E-state index in [2.05, 4.69) is 5.32 Å². The van der Waals surface area contributed by atoms with E-state index in [0.717, 1.165) is 28.8 Å². The summed E-state index contributed by atoms with van der Waals surface area (Å²) in [6.07, 6.45) is 1.21. The average Bonchev–Trinajstić information content (AvgIpc) is 2.78. The molecular weight excluding hydrogens is 471 g/mol. The number of carbonyl (C=O) groups excluding carboxylic acids is 2. The first-order valence-electron chi connectivity index (χ1n) is 10.7. The van der Waals surface area contributed by atoms with E-state index in [1.54, 1.807) is 6.92 Å².